The van der Waals surface area contributed by atoms with Gasteiger partial charge in [-0.15, -0.1) is 0 Å². The Morgan fingerprint density at radius 2 is 1.86 bits per heavy atom. The molecule has 1 saturated heterocycles. The van der Waals surface area contributed by atoms with Crippen molar-refractivity contribution in [3.8, 4) is 0 Å². The summed E-state index contributed by atoms with van der Waals surface area (Å²) in [6.07, 6.45) is -3.66. The summed E-state index contributed by atoms with van der Waals surface area (Å²) in [5.41, 5.74) is -1.05. The molecule has 1 N–H and O–H groups in total. The molecule has 1 aromatic rings. The fourth-order valence-electron chi connectivity index (χ4n) is 2.53. The van der Waals surface area contributed by atoms with Crippen molar-refractivity contribution in [1.82, 2.24) is 14.9 Å². The van der Waals surface area contributed by atoms with Crippen molar-refractivity contribution < 1.29 is 23.1 Å². The van der Waals surface area contributed by atoms with Crippen LogP contribution in [-0.2, 0) is 6.18 Å². The highest BCUT2D eigenvalue weighted by Gasteiger charge is 2.36. The van der Waals surface area contributed by atoms with Crippen LogP contribution in [0.4, 0.5) is 23.8 Å². The molecule has 1 aromatic heterocycles. The van der Waals surface area contributed by atoms with E-state index in [1.54, 1.807) is 18.7 Å². The normalized spacial score (nSPS) is 23.3. The molecule has 2 atom stereocenters. The van der Waals surface area contributed by atoms with Crippen LogP contribution in [0.25, 0.3) is 0 Å². The lowest BCUT2D eigenvalue weighted by molar-refractivity contribution is -0.141. The molecular formula is C12H15F3N4O2. The van der Waals surface area contributed by atoms with E-state index in [0.717, 1.165) is 0 Å². The van der Waals surface area contributed by atoms with E-state index in [9.17, 15) is 18.0 Å². The summed E-state index contributed by atoms with van der Waals surface area (Å²) in [6.45, 7) is 3.95. The maximum atomic E-state index is 12.6. The standard InChI is InChI=1S/C12H15F3N4O2/c1-7-5-18(6-8(2)19(7)11(20)21)10-4-16-3-9(17-10)12(13,14)15/h3-4,7-8H,5-6H2,1-2H3,(H,20,21)/t7-,8+. The summed E-state index contributed by atoms with van der Waals surface area (Å²) in [4.78, 5) is 21.2. The third kappa shape index (κ3) is 3.17. The number of nitrogens with zero attached hydrogens (tertiary/aromatic N) is 4. The number of piperazine rings is 1. The topological polar surface area (TPSA) is 69.6 Å². The van der Waals surface area contributed by atoms with Gasteiger partial charge in [0.15, 0.2) is 5.69 Å². The average Bonchev–Trinajstić information content (AvgIpc) is 2.36. The molecule has 6 nitrogen and oxygen atoms in total. The van der Waals surface area contributed by atoms with E-state index in [-0.39, 0.29) is 31.0 Å². The third-order valence-electron chi connectivity index (χ3n) is 3.38. The maximum absolute atomic E-state index is 12.6. The molecule has 0 unspecified atom stereocenters. The van der Waals surface area contributed by atoms with Gasteiger partial charge in [0, 0.05) is 13.1 Å². The highest BCUT2D eigenvalue weighted by Crippen LogP contribution is 2.29. The van der Waals surface area contributed by atoms with Crippen LogP contribution in [0, 0.1) is 0 Å². The molecule has 0 aromatic carbocycles. The van der Waals surface area contributed by atoms with Gasteiger partial charge in [0.1, 0.15) is 5.82 Å². The maximum Gasteiger partial charge on any atom is 0.434 e. The minimum atomic E-state index is -4.55. The molecule has 0 aliphatic carbocycles. The van der Waals surface area contributed by atoms with Crippen LogP contribution in [-0.4, -0.2) is 51.2 Å². The van der Waals surface area contributed by atoms with Gasteiger partial charge in [-0.1, -0.05) is 0 Å². The van der Waals surface area contributed by atoms with E-state index < -0.39 is 18.0 Å². The lowest BCUT2D eigenvalue weighted by atomic mass is 10.1. The van der Waals surface area contributed by atoms with Crippen molar-refractivity contribution in [2.75, 3.05) is 18.0 Å². The molecule has 0 bridgehead atoms. The van der Waals surface area contributed by atoms with Gasteiger partial charge in [0.25, 0.3) is 0 Å². The number of halogens is 3. The van der Waals surface area contributed by atoms with Crippen LogP contribution in [0.2, 0.25) is 0 Å². The van der Waals surface area contributed by atoms with E-state index in [1.807, 2.05) is 0 Å². The van der Waals surface area contributed by atoms with Gasteiger partial charge in [0.05, 0.1) is 24.5 Å². The molecule has 9 heteroatoms. The minimum absolute atomic E-state index is 0.105. The summed E-state index contributed by atoms with van der Waals surface area (Å²) in [7, 11) is 0. The first-order valence-corrected chi connectivity index (χ1v) is 6.35. The predicted octanol–water partition coefficient (Wildman–Crippen LogP) is 2.07. The number of hydrogen-bond acceptors (Lipinski definition) is 4. The van der Waals surface area contributed by atoms with Gasteiger partial charge in [0.2, 0.25) is 0 Å². The summed E-state index contributed by atoms with van der Waals surface area (Å²) in [5, 5.41) is 9.12. The minimum Gasteiger partial charge on any atom is -0.465 e. The van der Waals surface area contributed by atoms with Crippen LogP contribution in [0.1, 0.15) is 19.5 Å². The Kier molecular flexibility index (Phi) is 3.93. The van der Waals surface area contributed by atoms with E-state index >= 15 is 0 Å². The number of carbonyl (C=O) groups is 1. The molecule has 116 valence electrons. The van der Waals surface area contributed by atoms with Gasteiger partial charge in [-0.05, 0) is 13.8 Å². The second-order valence-corrected chi connectivity index (χ2v) is 5.05. The number of aromatic nitrogens is 2. The van der Waals surface area contributed by atoms with Crippen molar-refractivity contribution in [2.24, 2.45) is 0 Å². The van der Waals surface area contributed by atoms with Crippen molar-refractivity contribution >= 4 is 11.9 Å². The molecule has 0 saturated carbocycles. The van der Waals surface area contributed by atoms with Gasteiger partial charge in [-0.25, -0.2) is 9.78 Å². The number of alkyl halides is 3. The van der Waals surface area contributed by atoms with Crippen molar-refractivity contribution in [3.63, 3.8) is 0 Å². The Morgan fingerprint density at radius 3 is 2.33 bits per heavy atom. The van der Waals surface area contributed by atoms with Crippen LogP contribution in [0.15, 0.2) is 12.4 Å². The van der Waals surface area contributed by atoms with E-state index in [2.05, 4.69) is 9.97 Å². The Balaban J connectivity index is 2.23. The second kappa shape index (κ2) is 5.38. The zero-order valence-electron chi connectivity index (χ0n) is 11.5. The predicted molar refractivity (Wildman–Crippen MR) is 68.0 cm³/mol. The van der Waals surface area contributed by atoms with E-state index in [4.69, 9.17) is 5.11 Å². The molecule has 1 fully saturated rings. The first kappa shape index (κ1) is 15.3. The monoisotopic (exact) mass is 304 g/mol. The molecule has 2 heterocycles. The SMILES string of the molecule is C[C@@H]1CN(c2cncc(C(F)(F)F)n2)C[C@H](C)N1C(=O)O. The number of carboxylic acid groups (broad SMARTS) is 1. The highest BCUT2D eigenvalue weighted by atomic mass is 19.4. The molecule has 1 aliphatic heterocycles. The van der Waals surface area contributed by atoms with E-state index in [1.165, 1.54) is 11.1 Å². The summed E-state index contributed by atoms with van der Waals surface area (Å²) in [6, 6.07) is -0.690. The zero-order valence-corrected chi connectivity index (χ0v) is 11.5. The fraction of sp³-hybridized carbons (Fsp3) is 0.583. The molecule has 0 radical (unpaired) electrons. The van der Waals surface area contributed by atoms with Gasteiger partial charge in [-0.3, -0.25) is 9.88 Å². The first-order chi connectivity index (χ1) is 9.70. The Morgan fingerprint density at radius 1 is 1.29 bits per heavy atom. The summed E-state index contributed by atoms with van der Waals surface area (Å²) >= 11 is 0. The third-order valence-corrected chi connectivity index (χ3v) is 3.38. The second-order valence-electron chi connectivity index (χ2n) is 5.05. The number of hydrogen-bond donors (Lipinski definition) is 1. The fourth-order valence-corrected chi connectivity index (χ4v) is 2.53. The Hall–Kier alpha value is -2.06. The van der Waals surface area contributed by atoms with Crippen LogP contribution in [0.3, 0.4) is 0 Å². The lowest BCUT2D eigenvalue weighted by Crippen LogP contribution is -2.58. The molecule has 1 amide bonds. The van der Waals surface area contributed by atoms with Crippen molar-refractivity contribution in [2.45, 2.75) is 32.1 Å². The summed E-state index contributed by atoms with van der Waals surface area (Å²) < 4.78 is 37.9. The Bertz CT molecular complexity index is 525. The molecule has 21 heavy (non-hydrogen) atoms. The number of amides is 1. The number of anilines is 1. The summed E-state index contributed by atoms with van der Waals surface area (Å²) in [5.74, 6) is 0.105. The zero-order chi connectivity index (χ0) is 15.8. The van der Waals surface area contributed by atoms with Crippen LogP contribution < -0.4 is 4.90 Å². The first-order valence-electron chi connectivity index (χ1n) is 6.35. The van der Waals surface area contributed by atoms with Gasteiger partial charge < -0.3 is 10.0 Å². The van der Waals surface area contributed by atoms with Gasteiger partial charge >= 0.3 is 12.3 Å². The highest BCUT2D eigenvalue weighted by molar-refractivity contribution is 5.66. The van der Waals surface area contributed by atoms with Gasteiger partial charge in [-0.2, -0.15) is 13.2 Å². The smallest absolute Gasteiger partial charge is 0.434 e. The Labute approximate surface area is 119 Å². The van der Waals surface area contributed by atoms with Crippen molar-refractivity contribution in [3.05, 3.63) is 18.1 Å². The van der Waals surface area contributed by atoms with E-state index in [0.29, 0.717) is 6.20 Å². The molecule has 2 rings (SSSR count). The molecule has 0 spiro atoms. The molecule has 1 aliphatic rings. The average molecular weight is 304 g/mol. The van der Waals surface area contributed by atoms with Crippen LogP contribution >= 0.6 is 0 Å². The quantitative estimate of drug-likeness (QED) is 0.860. The lowest BCUT2D eigenvalue weighted by Gasteiger charge is -2.43. The van der Waals surface area contributed by atoms with Crippen molar-refractivity contribution in [1.29, 1.82) is 0 Å². The van der Waals surface area contributed by atoms with Crippen LogP contribution in [0.5, 0.6) is 0 Å². The number of rotatable bonds is 1. The largest absolute Gasteiger partial charge is 0.465 e. The molecular weight excluding hydrogens is 289 g/mol.